The summed E-state index contributed by atoms with van der Waals surface area (Å²) in [6.45, 7) is 2.44. The van der Waals surface area contributed by atoms with E-state index in [1.807, 2.05) is 6.92 Å². The van der Waals surface area contributed by atoms with Crippen LogP contribution < -0.4 is 10.5 Å². The molecule has 1 fully saturated rings. The summed E-state index contributed by atoms with van der Waals surface area (Å²) in [6.07, 6.45) is 7.16. The Morgan fingerprint density at radius 2 is 2.00 bits per heavy atom. The summed E-state index contributed by atoms with van der Waals surface area (Å²) in [7, 11) is 0. The van der Waals surface area contributed by atoms with E-state index in [0.29, 0.717) is 11.8 Å². The molecule has 2 N–H and O–H groups in total. The Kier molecular flexibility index (Phi) is 3.76. The number of ether oxygens (including phenoxy) is 1. The van der Waals surface area contributed by atoms with E-state index in [1.54, 1.807) is 0 Å². The van der Waals surface area contributed by atoms with Crippen LogP contribution in [0.2, 0.25) is 0 Å². The SMILES string of the molecule is Cc1nsc(OCC2(N)CCCCCC2)n1. The molecule has 0 aliphatic heterocycles. The van der Waals surface area contributed by atoms with Crippen molar-refractivity contribution in [2.75, 3.05) is 6.61 Å². The van der Waals surface area contributed by atoms with Crippen LogP contribution in [0.5, 0.6) is 5.19 Å². The number of nitrogens with zero attached hydrogens (tertiary/aromatic N) is 2. The Hall–Kier alpha value is -0.680. The van der Waals surface area contributed by atoms with Gasteiger partial charge >= 0.3 is 0 Å². The van der Waals surface area contributed by atoms with Crippen LogP contribution in [0.15, 0.2) is 0 Å². The number of aromatic nitrogens is 2. The van der Waals surface area contributed by atoms with Gasteiger partial charge in [0.25, 0.3) is 5.19 Å². The quantitative estimate of drug-likeness (QED) is 0.825. The first kappa shape index (κ1) is 11.8. The first-order valence-electron chi connectivity index (χ1n) is 5.90. The van der Waals surface area contributed by atoms with Gasteiger partial charge in [-0.25, -0.2) is 0 Å². The minimum Gasteiger partial charge on any atom is -0.467 e. The second kappa shape index (κ2) is 5.10. The van der Waals surface area contributed by atoms with E-state index in [0.717, 1.165) is 18.7 Å². The molecule has 0 amide bonds. The summed E-state index contributed by atoms with van der Waals surface area (Å²) in [5, 5.41) is 0.645. The van der Waals surface area contributed by atoms with Crippen molar-refractivity contribution in [3.05, 3.63) is 5.82 Å². The van der Waals surface area contributed by atoms with Gasteiger partial charge in [-0.15, -0.1) is 0 Å². The lowest BCUT2D eigenvalue weighted by molar-refractivity contribution is 0.199. The topological polar surface area (TPSA) is 61.0 Å². The number of nitrogens with two attached hydrogens (primary N) is 1. The molecule has 1 aromatic heterocycles. The predicted molar refractivity (Wildman–Crippen MR) is 64.8 cm³/mol. The van der Waals surface area contributed by atoms with Crippen LogP contribution in [0.3, 0.4) is 0 Å². The van der Waals surface area contributed by atoms with Gasteiger partial charge in [-0.1, -0.05) is 25.7 Å². The molecule has 0 saturated heterocycles. The summed E-state index contributed by atoms with van der Waals surface area (Å²) in [5.74, 6) is 0.770. The first-order valence-corrected chi connectivity index (χ1v) is 6.67. The third-order valence-corrected chi connectivity index (χ3v) is 3.81. The fourth-order valence-corrected chi connectivity index (χ4v) is 2.65. The smallest absolute Gasteiger partial charge is 0.293 e. The van der Waals surface area contributed by atoms with E-state index in [2.05, 4.69) is 9.36 Å². The highest BCUT2D eigenvalue weighted by Gasteiger charge is 2.27. The fourth-order valence-electron chi connectivity index (χ4n) is 2.12. The minimum atomic E-state index is -0.157. The van der Waals surface area contributed by atoms with Gasteiger partial charge in [0.1, 0.15) is 12.4 Å². The Morgan fingerprint density at radius 3 is 2.56 bits per heavy atom. The molecule has 4 nitrogen and oxygen atoms in total. The molecule has 5 heteroatoms. The standard InChI is InChI=1S/C11H19N3OS/c1-9-13-10(16-14-9)15-8-11(12)6-4-2-3-5-7-11/h2-8,12H2,1H3. The maximum atomic E-state index is 6.35. The summed E-state index contributed by atoms with van der Waals surface area (Å²) < 4.78 is 9.73. The molecule has 0 radical (unpaired) electrons. The third kappa shape index (κ3) is 3.15. The Labute approximate surface area is 100 Å². The summed E-state index contributed by atoms with van der Waals surface area (Å²) >= 11 is 1.30. The predicted octanol–water partition coefficient (Wildman–Crippen LogP) is 2.28. The number of aryl methyl sites for hydroxylation is 1. The largest absolute Gasteiger partial charge is 0.467 e. The second-order valence-electron chi connectivity index (χ2n) is 4.67. The van der Waals surface area contributed by atoms with Crippen LogP contribution >= 0.6 is 11.5 Å². The van der Waals surface area contributed by atoms with E-state index < -0.39 is 0 Å². The van der Waals surface area contributed by atoms with Gasteiger partial charge < -0.3 is 10.5 Å². The molecule has 1 heterocycles. The highest BCUT2D eigenvalue weighted by atomic mass is 32.1. The van der Waals surface area contributed by atoms with E-state index in [9.17, 15) is 0 Å². The third-order valence-electron chi connectivity index (χ3n) is 3.09. The van der Waals surface area contributed by atoms with E-state index >= 15 is 0 Å². The van der Waals surface area contributed by atoms with Crippen molar-refractivity contribution in [3.63, 3.8) is 0 Å². The number of rotatable bonds is 3. The molecule has 1 aliphatic carbocycles. The maximum absolute atomic E-state index is 6.35. The lowest BCUT2D eigenvalue weighted by Crippen LogP contribution is -2.45. The van der Waals surface area contributed by atoms with Crippen LogP contribution in [-0.2, 0) is 0 Å². The minimum absolute atomic E-state index is 0.157. The number of hydrogen-bond acceptors (Lipinski definition) is 5. The highest BCUT2D eigenvalue weighted by Crippen LogP contribution is 2.26. The van der Waals surface area contributed by atoms with Gasteiger partial charge in [-0.3, -0.25) is 0 Å². The fraction of sp³-hybridized carbons (Fsp3) is 0.818. The molecule has 1 aliphatic rings. The summed E-state index contributed by atoms with van der Waals surface area (Å²) in [4.78, 5) is 4.18. The molecule has 90 valence electrons. The summed E-state index contributed by atoms with van der Waals surface area (Å²) in [5.41, 5.74) is 6.19. The van der Waals surface area contributed by atoms with Crippen molar-refractivity contribution in [1.29, 1.82) is 0 Å². The van der Waals surface area contributed by atoms with Gasteiger partial charge in [0.2, 0.25) is 0 Å². The van der Waals surface area contributed by atoms with E-state index in [1.165, 1.54) is 37.2 Å². The lowest BCUT2D eigenvalue weighted by atomic mass is 9.93. The van der Waals surface area contributed by atoms with Gasteiger partial charge in [-0.2, -0.15) is 9.36 Å². The number of hydrogen-bond donors (Lipinski definition) is 1. The van der Waals surface area contributed by atoms with Crippen molar-refractivity contribution >= 4 is 11.5 Å². The summed E-state index contributed by atoms with van der Waals surface area (Å²) in [6, 6.07) is 0. The Morgan fingerprint density at radius 1 is 1.31 bits per heavy atom. The monoisotopic (exact) mass is 241 g/mol. The normalized spacial score (nSPS) is 20.4. The molecule has 0 atom stereocenters. The van der Waals surface area contributed by atoms with E-state index in [-0.39, 0.29) is 5.54 Å². The maximum Gasteiger partial charge on any atom is 0.293 e. The molecule has 1 aromatic rings. The van der Waals surface area contributed by atoms with Gasteiger partial charge in [0, 0.05) is 11.5 Å². The second-order valence-corrected chi connectivity index (χ2v) is 5.39. The lowest BCUT2D eigenvalue weighted by Gasteiger charge is -2.26. The molecule has 2 rings (SSSR count). The van der Waals surface area contributed by atoms with Crippen LogP contribution in [0.1, 0.15) is 44.3 Å². The molecular formula is C11H19N3OS. The van der Waals surface area contributed by atoms with Crippen LogP contribution in [0, 0.1) is 6.92 Å². The van der Waals surface area contributed by atoms with Crippen molar-refractivity contribution in [1.82, 2.24) is 9.36 Å². The van der Waals surface area contributed by atoms with Crippen molar-refractivity contribution in [2.45, 2.75) is 51.0 Å². The zero-order valence-electron chi connectivity index (χ0n) is 9.74. The molecule has 1 saturated carbocycles. The van der Waals surface area contributed by atoms with Crippen LogP contribution in [-0.4, -0.2) is 21.5 Å². The molecule has 0 aromatic carbocycles. The van der Waals surface area contributed by atoms with Gasteiger partial charge in [0.05, 0.1) is 5.54 Å². The zero-order chi connectivity index (χ0) is 11.4. The Bertz CT molecular complexity index is 332. The van der Waals surface area contributed by atoms with Crippen molar-refractivity contribution < 1.29 is 4.74 Å². The first-order chi connectivity index (χ1) is 7.68. The van der Waals surface area contributed by atoms with E-state index in [4.69, 9.17) is 10.5 Å². The highest BCUT2D eigenvalue weighted by molar-refractivity contribution is 7.07. The van der Waals surface area contributed by atoms with Crippen LogP contribution in [0.25, 0.3) is 0 Å². The zero-order valence-corrected chi connectivity index (χ0v) is 10.6. The van der Waals surface area contributed by atoms with Gasteiger partial charge in [-0.05, 0) is 19.8 Å². The average molecular weight is 241 g/mol. The Balaban J connectivity index is 1.87. The van der Waals surface area contributed by atoms with Gasteiger partial charge in [0.15, 0.2) is 0 Å². The molecule has 0 unspecified atom stereocenters. The van der Waals surface area contributed by atoms with Crippen LogP contribution in [0.4, 0.5) is 0 Å². The van der Waals surface area contributed by atoms with Crippen molar-refractivity contribution in [3.8, 4) is 5.19 Å². The average Bonchev–Trinajstić information content (AvgIpc) is 2.54. The molecule has 0 spiro atoms. The molecule has 0 bridgehead atoms. The van der Waals surface area contributed by atoms with Crippen molar-refractivity contribution in [2.24, 2.45) is 5.73 Å². The molecular weight excluding hydrogens is 222 g/mol. The molecule has 16 heavy (non-hydrogen) atoms.